The predicted molar refractivity (Wildman–Crippen MR) is 108 cm³/mol. The summed E-state index contributed by atoms with van der Waals surface area (Å²) in [6.45, 7) is 8.24. The van der Waals surface area contributed by atoms with Crippen molar-refractivity contribution in [1.82, 2.24) is 5.32 Å². The molecular formula is C20H21N3O3S. The van der Waals surface area contributed by atoms with Gasteiger partial charge in [-0.1, -0.05) is 25.1 Å². The van der Waals surface area contributed by atoms with Gasteiger partial charge in [-0.15, -0.1) is 0 Å². The fourth-order valence-corrected chi connectivity index (χ4v) is 4.61. The van der Waals surface area contributed by atoms with Gasteiger partial charge in [-0.25, -0.2) is 0 Å². The van der Waals surface area contributed by atoms with Crippen LogP contribution in [-0.4, -0.2) is 15.8 Å². The van der Waals surface area contributed by atoms with Gasteiger partial charge in [-0.3, -0.25) is 15.0 Å². The quantitative estimate of drug-likeness (QED) is 0.471. The van der Waals surface area contributed by atoms with Crippen molar-refractivity contribution in [3.8, 4) is 5.75 Å². The summed E-state index contributed by atoms with van der Waals surface area (Å²) in [7, 11) is 0. The molecule has 0 aromatic heterocycles. The maximum absolute atomic E-state index is 11.2. The van der Waals surface area contributed by atoms with E-state index in [4.69, 9.17) is 17.0 Å². The highest BCUT2D eigenvalue weighted by molar-refractivity contribution is 7.80. The van der Waals surface area contributed by atoms with Gasteiger partial charge in [-0.2, -0.15) is 0 Å². The van der Waals surface area contributed by atoms with Crippen LogP contribution in [0.1, 0.15) is 36.6 Å². The Balaban J connectivity index is 1.88. The number of anilines is 1. The van der Waals surface area contributed by atoms with Crippen LogP contribution in [0.5, 0.6) is 5.75 Å². The van der Waals surface area contributed by atoms with Crippen LogP contribution in [-0.2, 0) is 0 Å². The number of hydrogen-bond acceptors (Lipinski definition) is 4. The van der Waals surface area contributed by atoms with E-state index in [9.17, 15) is 10.1 Å². The molecule has 2 heterocycles. The molecule has 1 fully saturated rings. The average molecular weight is 383 g/mol. The lowest BCUT2D eigenvalue weighted by Crippen LogP contribution is -2.69. The van der Waals surface area contributed by atoms with Crippen molar-refractivity contribution in [2.75, 3.05) is 4.90 Å². The van der Waals surface area contributed by atoms with E-state index < -0.39 is 5.72 Å². The lowest BCUT2D eigenvalue weighted by molar-refractivity contribution is -0.385. The Hall–Kier alpha value is -2.67. The van der Waals surface area contributed by atoms with E-state index in [-0.39, 0.29) is 22.6 Å². The van der Waals surface area contributed by atoms with Gasteiger partial charge in [0, 0.05) is 23.6 Å². The van der Waals surface area contributed by atoms with Gasteiger partial charge in [0.15, 0.2) is 10.8 Å². The van der Waals surface area contributed by atoms with Gasteiger partial charge in [0.05, 0.1) is 16.7 Å². The number of nitro groups is 1. The van der Waals surface area contributed by atoms with E-state index in [1.165, 1.54) is 6.07 Å². The number of para-hydroxylation sites is 1. The highest BCUT2D eigenvalue weighted by atomic mass is 32.1. The summed E-state index contributed by atoms with van der Waals surface area (Å²) < 4.78 is 6.46. The molecule has 0 saturated carbocycles. The van der Waals surface area contributed by atoms with Gasteiger partial charge in [-0.05, 0) is 50.2 Å². The molecule has 2 aromatic carbocycles. The zero-order valence-corrected chi connectivity index (χ0v) is 16.5. The number of non-ortho nitro benzene ring substituents is 1. The molecule has 3 atom stereocenters. The van der Waals surface area contributed by atoms with Crippen LogP contribution in [0, 0.1) is 29.9 Å². The second-order valence-corrected chi connectivity index (χ2v) is 7.81. The van der Waals surface area contributed by atoms with Crippen LogP contribution < -0.4 is 15.0 Å². The van der Waals surface area contributed by atoms with E-state index in [1.807, 2.05) is 13.0 Å². The van der Waals surface area contributed by atoms with Crippen LogP contribution in [0.2, 0.25) is 0 Å². The summed E-state index contributed by atoms with van der Waals surface area (Å²) >= 11 is 5.72. The maximum Gasteiger partial charge on any atom is 0.270 e. The van der Waals surface area contributed by atoms with Crippen molar-refractivity contribution in [3.05, 3.63) is 63.2 Å². The molecular weight excluding hydrogens is 362 g/mol. The van der Waals surface area contributed by atoms with Gasteiger partial charge in [0.2, 0.25) is 0 Å². The van der Waals surface area contributed by atoms with E-state index in [0.717, 1.165) is 22.4 Å². The maximum atomic E-state index is 11.2. The monoisotopic (exact) mass is 383 g/mol. The number of nitro benzene ring substituents is 1. The third kappa shape index (κ3) is 2.49. The first-order valence-corrected chi connectivity index (χ1v) is 9.29. The van der Waals surface area contributed by atoms with E-state index in [2.05, 4.69) is 43.1 Å². The van der Waals surface area contributed by atoms with Crippen LogP contribution in [0.15, 0.2) is 36.4 Å². The topological polar surface area (TPSA) is 67.6 Å². The minimum atomic E-state index is -0.701. The highest BCUT2D eigenvalue weighted by Gasteiger charge is 2.54. The second-order valence-electron chi connectivity index (χ2n) is 7.43. The first-order valence-electron chi connectivity index (χ1n) is 8.88. The smallest absolute Gasteiger partial charge is 0.270 e. The summed E-state index contributed by atoms with van der Waals surface area (Å²) in [5.41, 5.74) is 3.39. The second kappa shape index (κ2) is 5.92. The van der Waals surface area contributed by atoms with Gasteiger partial charge in [0.25, 0.3) is 5.69 Å². The molecule has 2 aliphatic heterocycles. The van der Waals surface area contributed by atoms with Crippen molar-refractivity contribution in [3.63, 3.8) is 0 Å². The highest BCUT2D eigenvalue weighted by Crippen LogP contribution is 2.50. The number of benzene rings is 2. The summed E-state index contributed by atoms with van der Waals surface area (Å²) in [5, 5.41) is 15.2. The summed E-state index contributed by atoms with van der Waals surface area (Å²) in [6.07, 6.45) is 0. The molecule has 140 valence electrons. The van der Waals surface area contributed by atoms with Crippen molar-refractivity contribution in [1.29, 1.82) is 0 Å². The Labute approximate surface area is 163 Å². The number of rotatable bonds is 2. The lowest BCUT2D eigenvalue weighted by atomic mass is 9.80. The third-order valence-electron chi connectivity index (χ3n) is 5.79. The molecule has 0 aliphatic carbocycles. The molecule has 4 rings (SSSR count). The number of thiocarbonyl (C=S) groups is 1. The van der Waals surface area contributed by atoms with Crippen LogP contribution in [0.4, 0.5) is 11.4 Å². The third-order valence-corrected chi connectivity index (χ3v) is 6.09. The summed E-state index contributed by atoms with van der Waals surface area (Å²) in [5.74, 6) is 0.662. The molecule has 2 aromatic rings. The van der Waals surface area contributed by atoms with E-state index >= 15 is 0 Å². The zero-order valence-electron chi connectivity index (χ0n) is 15.6. The molecule has 0 spiro atoms. The van der Waals surface area contributed by atoms with Gasteiger partial charge < -0.3 is 10.1 Å². The van der Waals surface area contributed by atoms with Crippen LogP contribution >= 0.6 is 12.2 Å². The Morgan fingerprint density at radius 3 is 2.56 bits per heavy atom. The SMILES string of the molecule is Cc1cccc(C)c1N1C(=S)N[C@H]2c3cc([N+](=O)[O-])ccc3O[C@]1(C)[C@@H]2C. The van der Waals surface area contributed by atoms with Crippen molar-refractivity contribution in [2.45, 2.75) is 39.5 Å². The van der Waals surface area contributed by atoms with Crippen LogP contribution in [0.3, 0.4) is 0 Å². The standard InChI is InChI=1S/C20H21N3O3S/c1-11-6-5-7-12(2)18(11)22-19(27)21-17-13(3)20(22,4)26-16-9-8-14(23(24)25)10-15(16)17/h5-10,13,17H,1-4H3,(H,21,27)/t13-,17-,20-/m1/s1. The minimum Gasteiger partial charge on any atom is -0.467 e. The Kier molecular flexibility index (Phi) is 3.89. The molecule has 1 N–H and O–H groups in total. The molecule has 7 heteroatoms. The van der Waals surface area contributed by atoms with Gasteiger partial charge >= 0.3 is 0 Å². The minimum absolute atomic E-state index is 0.0118. The molecule has 27 heavy (non-hydrogen) atoms. The summed E-state index contributed by atoms with van der Waals surface area (Å²) in [6, 6.07) is 10.8. The predicted octanol–water partition coefficient (Wildman–Crippen LogP) is 4.39. The Morgan fingerprint density at radius 1 is 1.26 bits per heavy atom. The average Bonchev–Trinajstić information content (AvgIpc) is 2.60. The first-order chi connectivity index (χ1) is 12.7. The first kappa shape index (κ1) is 17.7. The number of fused-ring (bicyclic) bond motifs is 4. The van der Waals surface area contributed by atoms with Crippen molar-refractivity contribution < 1.29 is 9.66 Å². The normalized spacial score (nSPS) is 26.1. The fourth-order valence-electron chi connectivity index (χ4n) is 4.21. The van der Waals surface area contributed by atoms with E-state index in [0.29, 0.717) is 10.9 Å². The molecule has 1 saturated heterocycles. The molecule has 2 aliphatic rings. The molecule has 2 bridgehead atoms. The van der Waals surface area contributed by atoms with E-state index in [1.54, 1.807) is 12.1 Å². The Morgan fingerprint density at radius 2 is 1.93 bits per heavy atom. The van der Waals surface area contributed by atoms with Gasteiger partial charge in [0.1, 0.15) is 5.75 Å². The number of aryl methyl sites for hydroxylation is 2. The zero-order chi connectivity index (χ0) is 19.5. The number of hydrogen-bond donors (Lipinski definition) is 1. The molecule has 0 amide bonds. The summed E-state index contributed by atoms with van der Waals surface area (Å²) in [4.78, 5) is 12.9. The van der Waals surface area contributed by atoms with Crippen LogP contribution in [0.25, 0.3) is 0 Å². The molecule has 0 unspecified atom stereocenters. The number of nitrogens with zero attached hydrogens (tertiary/aromatic N) is 2. The molecule has 6 nitrogen and oxygen atoms in total. The Bertz CT molecular complexity index is 957. The number of nitrogens with one attached hydrogen (secondary N) is 1. The molecule has 0 radical (unpaired) electrons. The fraction of sp³-hybridized carbons (Fsp3) is 0.350. The number of ether oxygens (including phenoxy) is 1. The van der Waals surface area contributed by atoms with Crippen molar-refractivity contribution >= 4 is 28.7 Å². The largest absolute Gasteiger partial charge is 0.467 e. The lowest BCUT2D eigenvalue weighted by Gasteiger charge is -2.56. The van der Waals surface area contributed by atoms with Crippen molar-refractivity contribution in [2.24, 2.45) is 5.92 Å².